The molecule has 39 heavy (non-hydrogen) atoms. The molecule has 4 N–H and O–H groups in total. The summed E-state index contributed by atoms with van der Waals surface area (Å²) in [4.78, 5) is 24.3. The third-order valence-electron chi connectivity index (χ3n) is 7.15. The molecule has 0 radical (unpaired) electrons. The van der Waals surface area contributed by atoms with Gasteiger partial charge in [-0.15, -0.1) is 10.2 Å². The number of methoxy groups -OCH3 is 2. The van der Waals surface area contributed by atoms with Crippen LogP contribution in [-0.4, -0.2) is 52.1 Å². The summed E-state index contributed by atoms with van der Waals surface area (Å²) in [5.41, 5.74) is 7.71. The van der Waals surface area contributed by atoms with Crippen LogP contribution in [0.3, 0.4) is 0 Å². The standard InChI is InChI=1S/C27H30N8O4/c1-38-22-9-4-3-8-21(22)35-14-17(20(13-28)34-35)16-6-5-7-18(25(16)39-2)30-19-12-23(31-27(37)15-10-11-15)32-33-24(19)26(29)36/h5-7,12,14-15,21-22H,3-4,8-11H2,1-2H3,(H2,29,36)(H2,30,31,32,37)/t21?,22-/m1/s1. The second kappa shape index (κ2) is 11.1. The average Bonchev–Trinajstić information content (AvgIpc) is 3.72. The SMILES string of the molecule is COc1c(Nc2cc(NC(=O)C3CC3)nnc2C(N)=O)cccc1-c1cn(C2CCCC[C@H]2OC)nc1C#N. The van der Waals surface area contributed by atoms with Crippen LogP contribution >= 0.6 is 0 Å². The van der Waals surface area contributed by atoms with Crippen molar-refractivity contribution < 1.29 is 19.1 Å². The Labute approximate surface area is 225 Å². The van der Waals surface area contributed by atoms with Gasteiger partial charge in [0.1, 0.15) is 11.8 Å². The summed E-state index contributed by atoms with van der Waals surface area (Å²) >= 11 is 0. The molecule has 3 aromatic rings. The summed E-state index contributed by atoms with van der Waals surface area (Å²) in [6, 6.07) is 9.13. The molecule has 12 nitrogen and oxygen atoms in total. The van der Waals surface area contributed by atoms with Gasteiger partial charge in [0.15, 0.2) is 17.2 Å². The third kappa shape index (κ3) is 5.39. The summed E-state index contributed by atoms with van der Waals surface area (Å²) in [5.74, 6) is -0.331. The lowest BCUT2D eigenvalue weighted by atomic mass is 9.92. The molecular weight excluding hydrogens is 500 g/mol. The zero-order valence-corrected chi connectivity index (χ0v) is 21.8. The Morgan fingerprint density at radius 2 is 1.90 bits per heavy atom. The van der Waals surface area contributed by atoms with Crippen LogP contribution in [0.25, 0.3) is 11.1 Å². The molecule has 1 aromatic carbocycles. The third-order valence-corrected chi connectivity index (χ3v) is 7.15. The number of nitrogens with one attached hydrogen (secondary N) is 2. The smallest absolute Gasteiger partial charge is 0.271 e. The minimum atomic E-state index is -0.784. The monoisotopic (exact) mass is 530 g/mol. The molecule has 2 atom stereocenters. The van der Waals surface area contributed by atoms with Gasteiger partial charge < -0.3 is 25.8 Å². The number of hydrogen-bond acceptors (Lipinski definition) is 9. The largest absolute Gasteiger partial charge is 0.494 e. The van der Waals surface area contributed by atoms with Crippen molar-refractivity contribution in [2.75, 3.05) is 24.9 Å². The number of benzene rings is 1. The van der Waals surface area contributed by atoms with E-state index >= 15 is 0 Å². The Balaban J connectivity index is 1.51. The number of nitrogens with two attached hydrogens (primary N) is 1. The second-order valence-electron chi connectivity index (χ2n) is 9.74. The molecule has 0 saturated heterocycles. The number of aromatic nitrogens is 4. The van der Waals surface area contributed by atoms with Gasteiger partial charge in [-0.2, -0.15) is 10.4 Å². The Morgan fingerprint density at radius 1 is 1.10 bits per heavy atom. The van der Waals surface area contributed by atoms with Gasteiger partial charge >= 0.3 is 0 Å². The molecular formula is C27H30N8O4. The van der Waals surface area contributed by atoms with E-state index in [1.165, 1.54) is 13.2 Å². The predicted octanol–water partition coefficient (Wildman–Crippen LogP) is 3.54. The van der Waals surface area contributed by atoms with E-state index in [2.05, 4.69) is 32.0 Å². The van der Waals surface area contributed by atoms with Gasteiger partial charge in [-0.25, -0.2) is 0 Å². The molecule has 0 spiro atoms. The van der Waals surface area contributed by atoms with Gasteiger partial charge in [-0.1, -0.05) is 25.0 Å². The first kappa shape index (κ1) is 26.1. The number of primary amides is 1. The van der Waals surface area contributed by atoms with Crippen molar-refractivity contribution in [2.45, 2.75) is 50.7 Å². The predicted molar refractivity (Wildman–Crippen MR) is 142 cm³/mol. The van der Waals surface area contributed by atoms with E-state index in [0.717, 1.165) is 38.5 Å². The van der Waals surface area contributed by atoms with Crippen LogP contribution in [0, 0.1) is 17.2 Å². The van der Waals surface area contributed by atoms with Gasteiger partial charge in [0.2, 0.25) is 5.91 Å². The van der Waals surface area contributed by atoms with E-state index in [1.54, 1.807) is 19.2 Å². The van der Waals surface area contributed by atoms with Crippen molar-refractivity contribution in [3.63, 3.8) is 0 Å². The molecule has 202 valence electrons. The van der Waals surface area contributed by atoms with Crippen LogP contribution in [0.2, 0.25) is 0 Å². The van der Waals surface area contributed by atoms with E-state index < -0.39 is 5.91 Å². The Bertz CT molecular complexity index is 1440. The van der Waals surface area contributed by atoms with Gasteiger partial charge in [0.25, 0.3) is 5.91 Å². The van der Waals surface area contributed by atoms with Crippen LogP contribution in [-0.2, 0) is 9.53 Å². The number of rotatable bonds is 9. The summed E-state index contributed by atoms with van der Waals surface area (Å²) < 4.78 is 13.3. The van der Waals surface area contributed by atoms with Gasteiger partial charge in [0, 0.05) is 36.4 Å². The molecule has 2 heterocycles. The Kier molecular flexibility index (Phi) is 7.42. The second-order valence-corrected chi connectivity index (χ2v) is 9.74. The van der Waals surface area contributed by atoms with E-state index in [0.29, 0.717) is 22.6 Å². The van der Waals surface area contributed by atoms with Crippen LogP contribution in [0.4, 0.5) is 17.2 Å². The van der Waals surface area contributed by atoms with E-state index in [4.69, 9.17) is 15.2 Å². The first-order valence-corrected chi connectivity index (χ1v) is 12.9. The molecule has 12 heteroatoms. The van der Waals surface area contributed by atoms with Crippen LogP contribution in [0.15, 0.2) is 30.5 Å². The summed E-state index contributed by atoms with van der Waals surface area (Å²) in [6.07, 6.45) is 7.56. The highest BCUT2D eigenvalue weighted by molar-refractivity contribution is 5.99. The lowest BCUT2D eigenvalue weighted by Gasteiger charge is -2.30. The van der Waals surface area contributed by atoms with Crippen molar-refractivity contribution >= 4 is 29.0 Å². The average molecular weight is 531 g/mol. The number of carbonyl (C=O) groups excluding carboxylic acids is 2. The molecule has 5 rings (SSSR count). The first-order valence-electron chi connectivity index (χ1n) is 12.9. The lowest BCUT2D eigenvalue weighted by Crippen LogP contribution is -2.29. The van der Waals surface area contributed by atoms with Crippen molar-refractivity contribution in [1.82, 2.24) is 20.0 Å². The molecule has 2 aromatic heterocycles. The summed E-state index contributed by atoms with van der Waals surface area (Å²) in [7, 11) is 3.22. The minimum Gasteiger partial charge on any atom is -0.494 e. The van der Waals surface area contributed by atoms with Crippen molar-refractivity contribution in [3.8, 4) is 22.9 Å². The number of anilines is 3. The quantitative estimate of drug-likeness (QED) is 0.374. The number of nitrogens with zero attached hydrogens (tertiary/aromatic N) is 5. The highest BCUT2D eigenvalue weighted by Gasteiger charge is 2.31. The maximum absolute atomic E-state index is 12.2. The Morgan fingerprint density at radius 3 is 2.59 bits per heavy atom. The molecule has 1 unspecified atom stereocenters. The maximum Gasteiger partial charge on any atom is 0.271 e. The summed E-state index contributed by atoms with van der Waals surface area (Å²) in [5, 5.41) is 28.2. The van der Waals surface area contributed by atoms with Crippen LogP contribution in [0.5, 0.6) is 5.75 Å². The first-order chi connectivity index (χ1) is 18.9. The number of carbonyl (C=O) groups is 2. The van der Waals surface area contributed by atoms with Crippen molar-refractivity contribution in [3.05, 3.63) is 41.9 Å². The minimum absolute atomic E-state index is 0.0222. The van der Waals surface area contributed by atoms with E-state index in [9.17, 15) is 14.9 Å². The lowest BCUT2D eigenvalue weighted by molar-refractivity contribution is -0.117. The van der Waals surface area contributed by atoms with Gasteiger partial charge in [0.05, 0.1) is 30.6 Å². The number of para-hydroxylation sites is 1. The molecule has 0 aliphatic heterocycles. The number of amides is 2. The molecule has 0 bridgehead atoms. The molecule has 2 fully saturated rings. The highest BCUT2D eigenvalue weighted by Crippen LogP contribution is 2.41. The zero-order valence-electron chi connectivity index (χ0n) is 21.8. The number of hydrogen-bond donors (Lipinski definition) is 3. The van der Waals surface area contributed by atoms with E-state index in [-0.39, 0.29) is 46.9 Å². The van der Waals surface area contributed by atoms with Gasteiger partial charge in [-0.05, 0) is 31.7 Å². The zero-order chi connectivity index (χ0) is 27.5. The number of nitriles is 1. The van der Waals surface area contributed by atoms with Crippen molar-refractivity contribution in [2.24, 2.45) is 11.7 Å². The highest BCUT2D eigenvalue weighted by atomic mass is 16.5. The summed E-state index contributed by atoms with van der Waals surface area (Å²) in [6.45, 7) is 0. The fourth-order valence-electron chi connectivity index (χ4n) is 5.01. The van der Waals surface area contributed by atoms with Crippen LogP contribution in [0.1, 0.15) is 60.7 Å². The molecule has 2 aliphatic carbocycles. The maximum atomic E-state index is 12.2. The molecule has 2 saturated carbocycles. The van der Waals surface area contributed by atoms with Gasteiger partial charge in [-0.3, -0.25) is 14.3 Å². The van der Waals surface area contributed by atoms with Crippen molar-refractivity contribution in [1.29, 1.82) is 5.26 Å². The molecule has 2 aliphatic rings. The topological polar surface area (TPSA) is 170 Å². The number of ether oxygens (including phenoxy) is 2. The van der Waals surface area contributed by atoms with E-state index in [1.807, 2.05) is 16.9 Å². The fourth-order valence-corrected chi connectivity index (χ4v) is 5.01. The molecule has 2 amide bonds. The normalized spacial score (nSPS) is 18.7. The fraction of sp³-hybridized carbons (Fsp3) is 0.407. The Hall–Kier alpha value is -4.50. The van der Waals surface area contributed by atoms with Crippen LogP contribution < -0.4 is 21.1 Å².